The molecule has 2 unspecified atom stereocenters. The first-order chi connectivity index (χ1) is 9.10. The molecule has 2 atom stereocenters. The van der Waals surface area contributed by atoms with E-state index in [2.05, 4.69) is 12.2 Å². The summed E-state index contributed by atoms with van der Waals surface area (Å²) in [5, 5.41) is 14.4. The standard InChI is InChI=1S/C14H20N2O3/c1-10-4-3-5-11(8-10)15-12-6-7-14(19-2)13(9-12)16(17)18/h6-7,9-11,15H,3-5,8H2,1-2H3. The average molecular weight is 264 g/mol. The molecule has 19 heavy (non-hydrogen) atoms. The number of benzene rings is 1. The molecule has 1 saturated carbocycles. The molecule has 2 rings (SSSR count). The predicted molar refractivity (Wildman–Crippen MR) is 74.7 cm³/mol. The van der Waals surface area contributed by atoms with E-state index in [9.17, 15) is 10.1 Å². The van der Waals surface area contributed by atoms with Crippen LogP contribution in [0.3, 0.4) is 0 Å². The number of nitro benzene ring substituents is 1. The Morgan fingerprint density at radius 3 is 2.84 bits per heavy atom. The van der Waals surface area contributed by atoms with Crippen LogP contribution in [0.1, 0.15) is 32.6 Å². The Bertz CT molecular complexity index is 462. The number of hydrogen-bond acceptors (Lipinski definition) is 4. The maximum Gasteiger partial charge on any atom is 0.312 e. The molecule has 0 heterocycles. The summed E-state index contributed by atoms with van der Waals surface area (Å²) < 4.78 is 5.00. The third-order valence-corrected chi connectivity index (χ3v) is 3.68. The van der Waals surface area contributed by atoms with Crippen LogP contribution in [0.2, 0.25) is 0 Å². The average Bonchev–Trinajstić information content (AvgIpc) is 2.38. The number of ether oxygens (including phenoxy) is 1. The number of anilines is 1. The molecular weight excluding hydrogens is 244 g/mol. The summed E-state index contributed by atoms with van der Waals surface area (Å²) in [5.74, 6) is 1.02. The minimum atomic E-state index is -0.409. The highest BCUT2D eigenvalue weighted by Gasteiger charge is 2.20. The number of nitrogens with zero attached hydrogens (tertiary/aromatic N) is 1. The number of rotatable bonds is 4. The first kappa shape index (κ1) is 13.6. The van der Waals surface area contributed by atoms with E-state index < -0.39 is 4.92 Å². The summed E-state index contributed by atoms with van der Waals surface area (Å²) >= 11 is 0. The van der Waals surface area contributed by atoms with Gasteiger partial charge in [0.2, 0.25) is 0 Å². The Morgan fingerprint density at radius 2 is 2.21 bits per heavy atom. The van der Waals surface area contributed by atoms with Crippen molar-refractivity contribution in [2.75, 3.05) is 12.4 Å². The SMILES string of the molecule is COc1ccc(NC2CCCC(C)C2)cc1[N+](=O)[O-]. The van der Waals surface area contributed by atoms with Gasteiger partial charge in [0, 0.05) is 17.8 Å². The Labute approximate surface area is 113 Å². The number of hydrogen-bond donors (Lipinski definition) is 1. The summed E-state index contributed by atoms with van der Waals surface area (Å²) in [4.78, 5) is 10.6. The van der Waals surface area contributed by atoms with E-state index in [0.29, 0.717) is 11.8 Å². The second-order valence-corrected chi connectivity index (χ2v) is 5.26. The van der Waals surface area contributed by atoms with Crippen molar-refractivity contribution in [1.29, 1.82) is 0 Å². The molecule has 1 aromatic carbocycles. The van der Waals surface area contributed by atoms with Crippen LogP contribution >= 0.6 is 0 Å². The second kappa shape index (κ2) is 5.91. The highest BCUT2D eigenvalue weighted by molar-refractivity contribution is 5.58. The van der Waals surface area contributed by atoms with Gasteiger partial charge in [0.15, 0.2) is 5.75 Å². The van der Waals surface area contributed by atoms with Gasteiger partial charge in [-0.3, -0.25) is 10.1 Å². The predicted octanol–water partition coefficient (Wildman–Crippen LogP) is 3.59. The maximum absolute atomic E-state index is 11.0. The second-order valence-electron chi connectivity index (χ2n) is 5.26. The molecule has 0 amide bonds. The van der Waals surface area contributed by atoms with Crippen molar-refractivity contribution in [3.63, 3.8) is 0 Å². The van der Waals surface area contributed by atoms with Crippen LogP contribution in [0.5, 0.6) is 5.75 Å². The highest BCUT2D eigenvalue weighted by Crippen LogP contribution is 2.32. The van der Waals surface area contributed by atoms with Crippen molar-refractivity contribution in [3.05, 3.63) is 28.3 Å². The van der Waals surface area contributed by atoms with Gasteiger partial charge in [-0.25, -0.2) is 0 Å². The van der Waals surface area contributed by atoms with Gasteiger partial charge in [0.1, 0.15) is 0 Å². The molecule has 1 aromatic rings. The molecule has 1 fully saturated rings. The molecule has 0 spiro atoms. The first-order valence-corrected chi connectivity index (χ1v) is 6.69. The van der Waals surface area contributed by atoms with Crippen molar-refractivity contribution < 1.29 is 9.66 Å². The minimum absolute atomic E-state index is 0.0105. The van der Waals surface area contributed by atoms with Gasteiger partial charge in [-0.1, -0.05) is 19.8 Å². The highest BCUT2D eigenvalue weighted by atomic mass is 16.6. The van der Waals surface area contributed by atoms with Gasteiger partial charge in [-0.15, -0.1) is 0 Å². The van der Waals surface area contributed by atoms with Crippen LogP contribution in [0.25, 0.3) is 0 Å². The van der Waals surface area contributed by atoms with Gasteiger partial charge in [-0.05, 0) is 30.9 Å². The van der Waals surface area contributed by atoms with Crippen LogP contribution in [0, 0.1) is 16.0 Å². The molecule has 0 aromatic heterocycles. The number of nitrogens with one attached hydrogen (secondary N) is 1. The largest absolute Gasteiger partial charge is 0.490 e. The van der Waals surface area contributed by atoms with Crippen LogP contribution in [-0.2, 0) is 0 Å². The van der Waals surface area contributed by atoms with Crippen molar-refractivity contribution in [2.24, 2.45) is 5.92 Å². The Balaban J connectivity index is 2.12. The van der Waals surface area contributed by atoms with Crippen molar-refractivity contribution >= 4 is 11.4 Å². The van der Waals surface area contributed by atoms with Crippen LogP contribution in [0.4, 0.5) is 11.4 Å². The fraction of sp³-hybridized carbons (Fsp3) is 0.571. The Hall–Kier alpha value is -1.78. The van der Waals surface area contributed by atoms with E-state index >= 15 is 0 Å². The summed E-state index contributed by atoms with van der Waals surface area (Å²) in [7, 11) is 1.44. The van der Waals surface area contributed by atoms with Crippen molar-refractivity contribution in [3.8, 4) is 5.75 Å². The van der Waals surface area contributed by atoms with Gasteiger partial charge in [0.25, 0.3) is 0 Å². The monoisotopic (exact) mass is 264 g/mol. The zero-order valence-corrected chi connectivity index (χ0v) is 11.4. The molecule has 5 nitrogen and oxygen atoms in total. The Kier molecular flexibility index (Phi) is 4.24. The molecule has 0 saturated heterocycles. The van der Waals surface area contributed by atoms with Crippen molar-refractivity contribution in [2.45, 2.75) is 38.6 Å². The first-order valence-electron chi connectivity index (χ1n) is 6.69. The smallest absolute Gasteiger partial charge is 0.312 e. The fourth-order valence-corrected chi connectivity index (χ4v) is 2.72. The molecule has 1 aliphatic rings. The lowest BCUT2D eigenvalue weighted by Gasteiger charge is -2.28. The fourth-order valence-electron chi connectivity index (χ4n) is 2.72. The normalized spacial score (nSPS) is 22.8. The lowest BCUT2D eigenvalue weighted by molar-refractivity contribution is -0.385. The van der Waals surface area contributed by atoms with E-state index in [-0.39, 0.29) is 5.69 Å². The Morgan fingerprint density at radius 1 is 1.42 bits per heavy atom. The number of methoxy groups -OCH3 is 1. The van der Waals surface area contributed by atoms with Gasteiger partial charge in [-0.2, -0.15) is 0 Å². The molecule has 0 radical (unpaired) electrons. The number of nitro groups is 1. The van der Waals surface area contributed by atoms with Crippen LogP contribution in [0.15, 0.2) is 18.2 Å². The third-order valence-electron chi connectivity index (χ3n) is 3.68. The van der Waals surface area contributed by atoms with Crippen molar-refractivity contribution in [1.82, 2.24) is 0 Å². The molecule has 0 aliphatic heterocycles. The van der Waals surface area contributed by atoms with Gasteiger partial charge in [0.05, 0.1) is 12.0 Å². The molecular formula is C14H20N2O3. The van der Waals surface area contributed by atoms with E-state index in [1.807, 2.05) is 6.07 Å². The molecule has 1 aliphatic carbocycles. The molecule has 0 bridgehead atoms. The lowest BCUT2D eigenvalue weighted by atomic mass is 9.87. The zero-order valence-electron chi connectivity index (χ0n) is 11.4. The molecule has 5 heteroatoms. The molecule has 104 valence electrons. The summed E-state index contributed by atoms with van der Waals surface area (Å²) in [6, 6.07) is 5.45. The zero-order chi connectivity index (χ0) is 13.8. The summed E-state index contributed by atoms with van der Waals surface area (Å²) in [5.41, 5.74) is 0.808. The lowest BCUT2D eigenvalue weighted by Crippen LogP contribution is -2.26. The minimum Gasteiger partial charge on any atom is -0.490 e. The quantitative estimate of drug-likeness (QED) is 0.666. The topological polar surface area (TPSA) is 64.4 Å². The summed E-state index contributed by atoms with van der Waals surface area (Å²) in [6.45, 7) is 2.25. The van der Waals surface area contributed by atoms with Gasteiger partial charge < -0.3 is 10.1 Å². The third kappa shape index (κ3) is 3.36. The van der Waals surface area contributed by atoms with E-state index in [1.54, 1.807) is 12.1 Å². The molecule has 1 N–H and O–H groups in total. The van der Waals surface area contributed by atoms with E-state index in [1.165, 1.54) is 20.0 Å². The van der Waals surface area contributed by atoms with E-state index in [4.69, 9.17) is 4.74 Å². The van der Waals surface area contributed by atoms with E-state index in [0.717, 1.165) is 24.4 Å². The van der Waals surface area contributed by atoms with Crippen LogP contribution < -0.4 is 10.1 Å². The summed E-state index contributed by atoms with van der Waals surface area (Å²) in [6.07, 6.45) is 4.75. The van der Waals surface area contributed by atoms with Crippen LogP contribution in [-0.4, -0.2) is 18.1 Å². The maximum atomic E-state index is 11.0. The van der Waals surface area contributed by atoms with Gasteiger partial charge >= 0.3 is 5.69 Å².